The predicted molar refractivity (Wildman–Crippen MR) is 86.8 cm³/mol. The summed E-state index contributed by atoms with van der Waals surface area (Å²) >= 11 is 0. The van der Waals surface area contributed by atoms with Crippen LogP contribution in [0.3, 0.4) is 0 Å². The number of ether oxygens (including phenoxy) is 1. The maximum Gasteiger partial charge on any atom is 0.331 e. The van der Waals surface area contributed by atoms with Gasteiger partial charge in [0.15, 0.2) is 0 Å². The lowest BCUT2D eigenvalue weighted by Crippen LogP contribution is -2.22. The van der Waals surface area contributed by atoms with E-state index in [1.807, 2.05) is 63.2 Å². The van der Waals surface area contributed by atoms with Crippen molar-refractivity contribution >= 4 is 12.0 Å². The number of esters is 1. The SMILES string of the molecule is CC(C)(C)OC(=O)C=Cc1ccccc1-c1ccccc1. The number of carbonyl (C=O) groups excluding carboxylic acids is 1. The fourth-order valence-corrected chi connectivity index (χ4v) is 2.02. The Morgan fingerprint density at radius 3 is 2.24 bits per heavy atom. The molecular formula is C19H20O2. The zero-order chi connectivity index (χ0) is 15.3. The third kappa shape index (κ3) is 4.60. The van der Waals surface area contributed by atoms with Crippen LogP contribution in [0, 0.1) is 0 Å². The zero-order valence-corrected chi connectivity index (χ0v) is 12.7. The molecule has 0 saturated carbocycles. The van der Waals surface area contributed by atoms with Crippen molar-refractivity contribution in [3.63, 3.8) is 0 Å². The van der Waals surface area contributed by atoms with E-state index in [0.29, 0.717) is 0 Å². The quantitative estimate of drug-likeness (QED) is 0.601. The normalized spacial score (nSPS) is 11.6. The molecule has 0 aliphatic heterocycles. The van der Waals surface area contributed by atoms with Gasteiger partial charge in [0.25, 0.3) is 0 Å². The van der Waals surface area contributed by atoms with Crippen LogP contribution in [-0.4, -0.2) is 11.6 Å². The summed E-state index contributed by atoms with van der Waals surface area (Å²) in [6.45, 7) is 5.57. The van der Waals surface area contributed by atoms with Crippen molar-refractivity contribution in [3.8, 4) is 11.1 Å². The van der Waals surface area contributed by atoms with E-state index >= 15 is 0 Å². The summed E-state index contributed by atoms with van der Waals surface area (Å²) in [6, 6.07) is 18.1. The van der Waals surface area contributed by atoms with Crippen LogP contribution in [0.4, 0.5) is 0 Å². The first-order valence-electron chi connectivity index (χ1n) is 7.01. The number of hydrogen-bond donors (Lipinski definition) is 0. The minimum atomic E-state index is -0.472. The van der Waals surface area contributed by atoms with E-state index in [1.54, 1.807) is 6.08 Å². The highest BCUT2D eigenvalue weighted by Gasteiger charge is 2.14. The molecule has 21 heavy (non-hydrogen) atoms. The average Bonchev–Trinajstić information content (AvgIpc) is 2.45. The van der Waals surface area contributed by atoms with Gasteiger partial charge in [-0.25, -0.2) is 4.79 Å². The van der Waals surface area contributed by atoms with Crippen LogP contribution in [0.5, 0.6) is 0 Å². The Morgan fingerprint density at radius 2 is 1.57 bits per heavy atom. The van der Waals surface area contributed by atoms with Crippen molar-refractivity contribution in [3.05, 3.63) is 66.2 Å². The minimum Gasteiger partial charge on any atom is -0.457 e. The Kier molecular flexibility index (Phi) is 4.59. The highest BCUT2D eigenvalue weighted by molar-refractivity contribution is 5.89. The van der Waals surface area contributed by atoms with E-state index in [2.05, 4.69) is 12.1 Å². The van der Waals surface area contributed by atoms with E-state index in [-0.39, 0.29) is 5.97 Å². The van der Waals surface area contributed by atoms with Crippen molar-refractivity contribution in [1.82, 2.24) is 0 Å². The van der Waals surface area contributed by atoms with Gasteiger partial charge in [0.1, 0.15) is 5.60 Å². The van der Waals surface area contributed by atoms with Gasteiger partial charge < -0.3 is 4.74 Å². The molecular weight excluding hydrogens is 260 g/mol. The van der Waals surface area contributed by atoms with Crippen molar-refractivity contribution in [1.29, 1.82) is 0 Å². The van der Waals surface area contributed by atoms with E-state index in [1.165, 1.54) is 6.08 Å². The van der Waals surface area contributed by atoms with Gasteiger partial charge >= 0.3 is 5.97 Å². The largest absolute Gasteiger partial charge is 0.457 e. The molecule has 0 aliphatic carbocycles. The second kappa shape index (κ2) is 6.40. The summed E-state index contributed by atoms with van der Waals surface area (Å²) in [5.41, 5.74) is 2.75. The predicted octanol–water partition coefficient (Wildman–Crippen LogP) is 4.71. The lowest BCUT2D eigenvalue weighted by molar-refractivity contribution is -0.148. The lowest BCUT2D eigenvalue weighted by Gasteiger charge is -2.18. The summed E-state index contributed by atoms with van der Waals surface area (Å²) in [7, 11) is 0. The van der Waals surface area contributed by atoms with Gasteiger partial charge in [-0.3, -0.25) is 0 Å². The molecule has 2 rings (SSSR count). The summed E-state index contributed by atoms with van der Waals surface area (Å²) in [6.07, 6.45) is 3.28. The summed E-state index contributed by atoms with van der Waals surface area (Å²) < 4.78 is 5.28. The topological polar surface area (TPSA) is 26.3 Å². The summed E-state index contributed by atoms with van der Waals surface area (Å²) in [5.74, 6) is -0.328. The molecule has 0 bridgehead atoms. The van der Waals surface area contributed by atoms with Crippen molar-refractivity contribution in [2.24, 2.45) is 0 Å². The first kappa shape index (κ1) is 15.0. The lowest BCUT2D eigenvalue weighted by atomic mass is 9.99. The van der Waals surface area contributed by atoms with Crippen LogP contribution in [0.1, 0.15) is 26.3 Å². The maximum absolute atomic E-state index is 11.8. The third-order valence-corrected chi connectivity index (χ3v) is 2.85. The van der Waals surface area contributed by atoms with Crippen molar-refractivity contribution < 1.29 is 9.53 Å². The first-order valence-corrected chi connectivity index (χ1v) is 7.01. The molecule has 0 atom stereocenters. The van der Waals surface area contributed by atoms with E-state index in [4.69, 9.17) is 4.74 Å². The number of rotatable bonds is 3. The number of carbonyl (C=O) groups is 1. The molecule has 0 fully saturated rings. The molecule has 0 aliphatic rings. The van der Waals surface area contributed by atoms with Gasteiger partial charge in [0.05, 0.1) is 0 Å². The van der Waals surface area contributed by atoms with Gasteiger partial charge in [-0.05, 0) is 43.5 Å². The molecule has 108 valence electrons. The van der Waals surface area contributed by atoms with Crippen LogP contribution in [0.2, 0.25) is 0 Å². The van der Waals surface area contributed by atoms with E-state index in [0.717, 1.165) is 16.7 Å². The zero-order valence-electron chi connectivity index (χ0n) is 12.7. The standard InChI is InChI=1S/C19H20O2/c1-19(2,3)21-18(20)14-13-16-11-7-8-12-17(16)15-9-5-4-6-10-15/h4-14H,1-3H3. The van der Waals surface area contributed by atoms with Crippen LogP contribution in [0.25, 0.3) is 17.2 Å². The maximum atomic E-state index is 11.8. The van der Waals surface area contributed by atoms with Gasteiger partial charge in [-0.2, -0.15) is 0 Å². The molecule has 0 heterocycles. The molecule has 0 saturated heterocycles. The fraction of sp³-hybridized carbons (Fsp3) is 0.211. The monoisotopic (exact) mass is 280 g/mol. The van der Waals surface area contributed by atoms with Gasteiger partial charge in [-0.15, -0.1) is 0 Å². The molecule has 0 aromatic heterocycles. The van der Waals surface area contributed by atoms with Gasteiger partial charge in [-0.1, -0.05) is 54.6 Å². The molecule has 2 aromatic rings. The Labute approximate surface area is 126 Å². The molecule has 0 amide bonds. The molecule has 0 spiro atoms. The second-order valence-electron chi connectivity index (χ2n) is 5.82. The highest BCUT2D eigenvalue weighted by Crippen LogP contribution is 2.24. The van der Waals surface area contributed by atoms with Crippen LogP contribution < -0.4 is 0 Å². The number of hydrogen-bond acceptors (Lipinski definition) is 2. The first-order chi connectivity index (χ1) is 9.96. The van der Waals surface area contributed by atoms with Crippen LogP contribution >= 0.6 is 0 Å². The second-order valence-corrected chi connectivity index (χ2v) is 5.82. The molecule has 2 aromatic carbocycles. The fourth-order valence-electron chi connectivity index (χ4n) is 2.02. The molecule has 0 unspecified atom stereocenters. The van der Waals surface area contributed by atoms with E-state index in [9.17, 15) is 4.79 Å². The number of benzene rings is 2. The average molecular weight is 280 g/mol. The summed E-state index contributed by atoms with van der Waals surface area (Å²) in [4.78, 5) is 11.8. The Bertz CT molecular complexity index is 634. The van der Waals surface area contributed by atoms with Crippen LogP contribution in [-0.2, 0) is 9.53 Å². The van der Waals surface area contributed by atoms with Crippen LogP contribution in [0.15, 0.2) is 60.7 Å². The minimum absolute atomic E-state index is 0.328. The van der Waals surface area contributed by atoms with E-state index < -0.39 is 5.60 Å². The molecule has 0 radical (unpaired) electrons. The third-order valence-electron chi connectivity index (χ3n) is 2.85. The Morgan fingerprint density at radius 1 is 0.952 bits per heavy atom. The molecule has 2 nitrogen and oxygen atoms in total. The Hall–Kier alpha value is -2.35. The van der Waals surface area contributed by atoms with Crippen molar-refractivity contribution in [2.45, 2.75) is 26.4 Å². The summed E-state index contributed by atoms with van der Waals surface area (Å²) in [5, 5.41) is 0. The van der Waals surface area contributed by atoms with Gasteiger partial charge in [0.2, 0.25) is 0 Å². The smallest absolute Gasteiger partial charge is 0.331 e. The molecule has 2 heteroatoms. The van der Waals surface area contributed by atoms with Crippen molar-refractivity contribution in [2.75, 3.05) is 0 Å². The highest BCUT2D eigenvalue weighted by atomic mass is 16.6. The Balaban J connectivity index is 2.24. The molecule has 0 N–H and O–H groups in total. The van der Waals surface area contributed by atoms with Gasteiger partial charge in [0, 0.05) is 6.08 Å².